The second-order valence-corrected chi connectivity index (χ2v) is 9.42. The van der Waals surface area contributed by atoms with E-state index in [2.05, 4.69) is 21.6 Å². The van der Waals surface area contributed by atoms with Crippen LogP contribution in [0, 0.1) is 0 Å². The molecule has 9 nitrogen and oxygen atoms in total. The first-order valence-corrected chi connectivity index (χ1v) is 12.5. The summed E-state index contributed by atoms with van der Waals surface area (Å²) >= 11 is 0. The van der Waals surface area contributed by atoms with Gasteiger partial charge in [0.15, 0.2) is 5.82 Å². The quantitative estimate of drug-likeness (QED) is 0.334. The fourth-order valence-corrected chi connectivity index (χ4v) is 4.62. The molecule has 190 valence electrons. The Kier molecular flexibility index (Phi) is 6.85. The Bertz CT molecular complexity index is 1540. The number of aryl methyl sites for hydroxylation is 1. The first kappa shape index (κ1) is 24.4. The van der Waals surface area contributed by atoms with Crippen molar-refractivity contribution in [3.63, 3.8) is 0 Å². The number of hydrogen-bond acceptors (Lipinski definition) is 6. The van der Waals surface area contributed by atoms with Gasteiger partial charge in [-0.05, 0) is 36.0 Å². The Morgan fingerprint density at radius 1 is 1.11 bits per heavy atom. The van der Waals surface area contributed by atoms with Crippen LogP contribution in [0.2, 0.25) is 0 Å². The minimum absolute atomic E-state index is 0.191. The molecule has 1 fully saturated rings. The van der Waals surface area contributed by atoms with E-state index in [1.807, 2.05) is 48.5 Å². The van der Waals surface area contributed by atoms with Gasteiger partial charge in [-0.15, -0.1) is 0 Å². The van der Waals surface area contributed by atoms with Crippen LogP contribution in [0.5, 0.6) is 0 Å². The number of aromatic amines is 1. The molecule has 1 aliphatic rings. The maximum atomic E-state index is 13.6. The third kappa shape index (κ3) is 5.30. The van der Waals surface area contributed by atoms with Crippen LogP contribution in [0.25, 0.3) is 22.5 Å². The first-order chi connectivity index (χ1) is 17.9. The summed E-state index contributed by atoms with van der Waals surface area (Å²) in [5, 5.41) is 13.3. The molecule has 2 aromatic carbocycles. The number of carboxylic acids is 1. The van der Waals surface area contributed by atoms with Crippen LogP contribution in [-0.4, -0.2) is 30.8 Å². The number of carbonyl (C=O) groups is 1. The fourth-order valence-electron chi connectivity index (χ4n) is 4.62. The van der Waals surface area contributed by atoms with E-state index in [0.29, 0.717) is 35.9 Å². The second-order valence-electron chi connectivity index (χ2n) is 9.42. The molecule has 37 heavy (non-hydrogen) atoms. The number of nitrogens with zero attached hydrogens (tertiary/aromatic N) is 3. The normalized spacial score (nSPS) is 13.1. The van der Waals surface area contributed by atoms with Gasteiger partial charge in [-0.25, -0.2) is 9.78 Å². The fraction of sp³-hybridized carbons (Fsp3) is 0.321. The van der Waals surface area contributed by atoms with E-state index >= 15 is 0 Å². The summed E-state index contributed by atoms with van der Waals surface area (Å²) in [5.41, 5.74) is 4.15. The summed E-state index contributed by atoms with van der Waals surface area (Å²) in [6.07, 6.45) is 4.11. The molecule has 9 heteroatoms. The maximum absolute atomic E-state index is 13.6. The van der Waals surface area contributed by atoms with Crippen LogP contribution in [0.15, 0.2) is 62.6 Å². The van der Waals surface area contributed by atoms with Crippen molar-refractivity contribution in [1.82, 2.24) is 19.7 Å². The standard InChI is InChI=1S/C28H28N4O5/c1-2-3-8-23-29-25(19-13-14-19)22(15-24(33)34)27(35)32(23)16-17-9-11-18(12-10-17)20-6-4-5-7-21(20)26-30-28(36)37-31-26/h4-7,9-12,19H,2-3,8,13-16H2,1H3,(H,33,34)(H,30,31,36). The van der Waals surface area contributed by atoms with Crippen molar-refractivity contribution in [1.29, 1.82) is 0 Å². The van der Waals surface area contributed by atoms with Crippen molar-refractivity contribution in [2.24, 2.45) is 0 Å². The van der Waals surface area contributed by atoms with E-state index in [0.717, 1.165) is 47.9 Å². The molecular weight excluding hydrogens is 472 g/mol. The number of carboxylic acid groups (broad SMARTS) is 1. The predicted molar refractivity (Wildman–Crippen MR) is 138 cm³/mol. The van der Waals surface area contributed by atoms with Crippen molar-refractivity contribution in [2.45, 2.75) is 57.9 Å². The number of benzene rings is 2. The Morgan fingerprint density at radius 3 is 2.46 bits per heavy atom. The number of nitrogens with one attached hydrogen (secondary N) is 1. The van der Waals surface area contributed by atoms with Gasteiger partial charge in [0.25, 0.3) is 5.56 Å². The van der Waals surface area contributed by atoms with E-state index in [9.17, 15) is 19.5 Å². The number of aromatic nitrogens is 4. The summed E-state index contributed by atoms with van der Waals surface area (Å²) in [7, 11) is 0. The Hall–Kier alpha value is -4.27. The molecule has 0 radical (unpaired) electrons. The average molecular weight is 501 g/mol. The lowest BCUT2D eigenvalue weighted by Gasteiger charge is -2.17. The Balaban J connectivity index is 1.50. The van der Waals surface area contributed by atoms with Crippen LogP contribution in [0.3, 0.4) is 0 Å². The molecule has 0 amide bonds. The molecule has 2 N–H and O–H groups in total. The zero-order valence-electron chi connectivity index (χ0n) is 20.6. The van der Waals surface area contributed by atoms with Crippen molar-refractivity contribution in [3.8, 4) is 22.5 Å². The molecule has 0 spiro atoms. The monoisotopic (exact) mass is 500 g/mol. The van der Waals surface area contributed by atoms with E-state index in [-0.39, 0.29) is 17.9 Å². The number of unbranched alkanes of at least 4 members (excludes halogenated alkanes) is 1. The van der Waals surface area contributed by atoms with Crippen LogP contribution in [-0.2, 0) is 24.2 Å². The van der Waals surface area contributed by atoms with Gasteiger partial charge in [0.2, 0.25) is 0 Å². The molecule has 0 unspecified atom stereocenters. The first-order valence-electron chi connectivity index (χ1n) is 12.5. The van der Waals surface area contributed by atoms with Gasteiger partial charge in [-0.3, -0.25) is 23.7 Å². The summed E-state index contributed by atoms with van der Waals surface area (Å²) in [4.78, 5) is 44.0. The van der Waals surface area contributed by atoms with Crippen molar-refractivity contribution >= 4 is 5.97 Å². The lowest BCUT2D eigenvalue weighted by atomic mass is 9.98. The molecule has 2 heterocycles. The van der Waals surface area contributed by atoms with Gasteiger partial charge in [-0.1, -0.05) is 67.0 Å². The zero-order valence-corrected chi connectivity index (χ0v) is 20.6. The van der Waals surface area contributed by atoms with E-state index in [1.165, 1.54) is 0 Å². The third-order valence-corrected chi connectivity index (χ3v) is 6.65. The van der Waals surface area contributed by atoms with Crippen LogP contribution in [0.1, 0.15) is 61.2 Å². The largest absolute Gasteiger partial charge is 0.481 e. The summed E-state index contributed by atoms with van der Waals surface area (Å²) in [6, 6.07) is 15.3. The Morgan fingerprint density at radius 2 is 1.84 bits per heavy atom. The number of H-pyrrole nitrogens is 1. The van der Waals surface area contributed by atoms with Crippen molar-refractivity contribution in [3.05, 3.63) is 92.1 Å². The molecule has 0 saturated heterocycles. The van der Waals surface area contributed by atoms with Crippen LogP contribution >= 0.6 is 0 Å². The van der Waals surface area contributed by atoms with Crippen molar-refractivity contribution < 1.29 is 14.4 Å². The molecule has 4 aromatic rings. The van der Waals surface area contributed by atoms with Crippen molar-refractivity contribution in [2.75, 3.05) is 0 Å². The van der Waals surface area contributed by atoms with Crippen LogP contribution in [0.4, 0.5) is 0 Å². The lowest BCUT2D eigenvalue weighted by molar-refractivity contribution is -0.136. The predicted octanol–water partition coefficient (Wildman–Crippen LogP) is 4.15. The minimum atomic E-state index is -1.02. The molecule has 0 bridgehead atoms. The van der Waals surface area contributed by atoms with Gasteiger partial charge in [-0.2, -0.15) is 0 Å². The molecule has 0 atom stereocenters. The molecular formula is C28H28N4O5. The summed E-state index contributed by atoms with van der Waals surface area (Å²) in [6.45, 7) is 2.40. The topological polar surface area (TPSA) is 131 Å². The molecule has 2 aromatic heterocycles. The average Bonchev–Trinajstić information content (AvgIpc) is 3.65. The number of hydrogen-bond donors (Lipinski definition) is 2. The highest BCUT2D eigenvalue weighted by Crippen LogP contribution is 2.40. The summed E-state index contributed by atoms with van der Waals surface area (Å²) < 4.78 is 6.31. The maximum Gasteiger partial charge on any atom is 0.439 e. The second kappa shape index (κ2) is 10.4. The molecule has 5 rings (SSSR count). The van der Waals surface area contributed by atoms with Gasteiger partial charge >= 0.3 is 11.7 Å². The molecule has 0 aliphatic heterocycles. The van der Waals surface area contributed by atoms with E-state index < -0.39 is 11.7 Å². The Labute approximate surface area is 212 Å². The highest BCUT2D eigenvalue weighted by molar-refractivity contribution is 5.80. The SMILES string of the molecule is CCCCc1nc(C2CC2)c(CC(=O)O)c(=O)n1Cc1ccc(-c2ccccc2-c2noc(=O)[nH]2)cc1. The number of aliphatic carboxylic acids is 1. The summed E-state index contributed by atoms with van der Waals surface area (Å²) in [5.74, 6) is -0.383. The van der Waals surface area contributed by atoms with Gasteiger partial charge in [0, 0.05) is 17.9 Å². The minimum Gasteiger partial charge on any atom is -0.481 e. The molecule has 1 saturated carbocycles. The highest BCUT2D eigenvalue weighted by atomic mass is 16.5. The van der Waals surface area contributed by atoms with Gasteiger partial charge in [0.1, 0.15) is 5.82 Å². The smallest absolute Gasteiger partial charge is 0.439 e. The van der Waals surface area contributed by atoms with Gasteiger partial charge < -0.3 is 5.11 Å². The number of rotatable bonds is 10. The lowest BCUT2D eigenvalue weighted by Crippen LogP contribution is -2.32. The third-order valence-electron chi connectivity index (χ3n) is 6.65. The molecule has 1 aliphatic carbocycles. The van der Waals surface area contributed by atoms with E-state index in [1.54, 1.807) is 4.57 Å². The van der Waals surface area contributed by atoms with Gasteiger partial charge in [0.05, 0.1) is 24.2 Å². The zero-order chi connectivity index (χ0) is 25.9. The van der Waals surface area contributed by atoms with E-state index in [4.69, 9.17) is 4.98 Å². The highest BCUT2D eigenvalue weighted by Gasteiger charge is 2.31. The van der Waals surface area contributed by atoms with Crippen LogP contribution < -0.4 is 11.3 Å².